The first kappa shape index (κ1) is 35.0. The number of carbonyl (C=O) groups is 3. The highest BCUT2D eigenvalue weighted by Gasteiger charge is 2.73. The van der Waals surface area contributed by atoms with Gasteiger partial charge < -0.3 is 10.6 Å². The summed E-state index contributed by atoms with van der Waals surface area (Å²) < 4.78 is 133. The number of alkyl halides is 10. The molecule has 2 aromatic carbocycles. The third kappa shape index (κ3) is 7.79. The number of benzene rings is 2. The van der Waals surface area contributed by atoms with Crippen molar-refractivity contribution in [2.45, 2.75) is 44.1 Å². The van der Waals surface area contributed by atoms with E-state index in [0.29, 0.717) is 6.07 Å². The quantitative estimate of drug-likeness (QED) is 0.321. The van der Waals surface area contributed by atoms with Crippen LogP contribution in [0.15, 0.2) is 40.8 Å². The maximum Gasteiger partial charge on any atom is 0.474 e. The van der Waals surface area contributed by atoms with E-state index in [-0.39, 0.29) is 34.2 Å². The molecule has 232 valence electrons. The number of nitrogens with one attached hydrogen (secondary N) is 2. The van der Waals surface area contributed by atoms with Crippen molar-refractivity contribution in [2.75, 3.05) is 17.3 Å². The lowest BCUT2D eigenvalue weighted by atomic mass is 9.92. The molecular weight excluding hydrogens is 636 g/mol. The molecule has 0 spiro atoms. The van der Waals surface area contributed by atoms with Crippen molar-refractivity contribution < 1.29 is 58.3 Å². The first-order valence-electron chi connectivity index (χ1n) is 11.3. The van der Waals surface area contributed by atoms with Crippen molar-refractivity contribution in [1.82, 2.24) is 5.32 Å². The summed E-state index contributed by atoms with van der Waals surface area (Å²) in [7, 11) is -1.46. The second-order valence-corrected chi connectivity index (χ2v) is 11.0. The van der Waals surface area contributed by atoms with Gasteiger partial charge in [0.25, 0.3) is 11.8 Å². The number of hydrogen-bond donors (Lipinski definition) is 2. The molecule has 0 aliphatic heterocycles. The fourth-order valence-corrected chi connectivity index (χ4v) is 5.10. The summed E-state index contributed by atoms with van der Waals surface area (Å²) >= 11 is 6.09. The number of halogens is 11. The normalized spacial score (nSPS) is 14.3. The van der Waals surface area contributed by atoms with E-state index >= 15 is 0 Å². The van der Waals surface area contributed by atoms with Gasteiger partial charge in [0.2, 0.25) is 0 Å². The van der Waals surface area contributed by atoms with Crippen LogP contribution >= 0.6 is 11.6 Å². The molecule has 0 aliphatic carbocycles. The highest BCUT2D eigenvalue weighted by molar-refractivity contribution is 7.86. The Bertz CT molecular complexity index is 1390. The van der Waals surface area contributed by atoms with Crippen molar-refractivity contribution in [1.29, 1.82) is 0 Å². The molecule has 3 amide bonds. The maximum absolute atomic E-state index is 14.4. The van der Waals surface area contributed by atoms with Crippen molar-refractivity contribution in [3.63, 3.8) is 0 Å². The zero-order chi connectivity index (χ0) is 32.4. The molecule has 2 aromatic rings. The summed E-state index contributed by atoms with van der Waals surface area (Å²) in [5.41, 5.74) is -8.98. The monoisotopic (exact) mass is 655 g/mol. The second-order valence-electron chi connectivity index (χ2n) is 8.84. The summed E-state index contributed by atoms with van der Waals surface area (Å²) in [5.74, 6) is -4.54. The largest absolute Gasteiger partial charge is 0.474 e. The lowest BCUT2D eigenvalue weighted by molar-refractivity contribution is -0.348. The third-order valence-electron chi connectivity index (χ3n) is 5.49. The zero-order valence-corrected chi connectivity index (χ0v) is 23.1. The van der Waals surface area contributed by atoms with Crippen molar-refractivity contribution in [3.8, 4) is 0 Å². The van der Waals surface area contributed by atoms with Crippen LogP contribution in [0, 0.1) is 6.92 Å². The third-order valence-corrected chi connectivity index (χ3v) is 7.26. The van der Waals surface area contributed by atoms with E-state index in [4.69, 9.17) is 11.6 Å². The van der Waals surface area contributed by atoms with Crippen LogP contribution in [0.25, 0.3) is 0 Å². The predicted molar refractivity (Wildman–Crippen MR) is 134 cm³/mol. The Morgan fingerprint density at radius 1 is 0.929 bits per heavy atom. The molecule has 0 aliphatic rings. The van der Waals surface area contributed by atoms with E-state index in [1.165, 1.54) is 25.3 Å². The van der Waals surface area contributed by atoms with Gasteiger partial charge in [-0.1, -0.05) is 40.5 Å². The molecule has 0 bridgehead atoms. The minimum atomic E-state index is -6.34. The van der Waals surface area contributed by atoms with Crippen LogP contribution in [0.4, 0.5) is 49.6 Å². The Kier molecular flexibility index (Phi) is 10.5. The molecule has 2 rings (SSSR count). The van der Waals surface area contributed by atoms with E-state index in [1.807, 2.05) is 0 Å². The highest BCUT2D eigenvalue weighted by Crippen LogP contribution is 2.53. The Morgan fingerprint density at radius 2 is 1.50 bits per heavy atom. The standard InChI is InChI=1S/C24H20ClF10N3O3S/c1-11-9-13(21(26,23(30,31)32)24(33,34)35)7-8-16(11)37-18(39)14-5-4-6-15(25)17(14)19(40)36-12(2)10-42(3)38-20(41)22(27,28)29/h4-9,12H,10H2,1-3H3,(H,36,40)(H,37,39)/t12-,42?/m0/s1. The zero-order valence-electron chi connectivity index (χ0n) is 21.5. The lowest BCUT2D eigenvalue weighted by Crippen LogP contribution is -2.50. The van der Waals surface area contributed by atoms with Crippen LogP contribution in [0.2, 0.25) is 5.02 Å². The SMILES string of the molecule is Cc1cc(C(F)(C(F)(F)F)C(F)(F)F)ccc1NC(=O)c1cccc(Cl)c1C(=O)N[C@@H](C)CS(C)=NC(=O)C(F)(F)F. The van der Waals surface area contributed by atoms with Crippen LogP contribution in [0.5, 0.6) is 0 Å². The Morgan fingerprint density at radius 3 is 2.00 bits per heavy atom. The summed E-state index contributed by atoms with van der Waals surface area (Å²) in [6, 6.07) is 3.80. The molecule has 0 saturated carbocycles. The molecule has 1 unspecified atom stereocenters. The molecule has 0 heterocycles. The van der Waals surface area contributed by atoms with Crippen LogP contribution in [0.1, 0.15) is 38.8 Å². The van der Waals surface area contributed by atoms with Crippen molar-refractivity contribution in [2.24, 2.45) is 4.36 Å². The van der Waals surface area contributed by atoms with Gasteiger partial charge in [-0.15, -0.1) is 0 Å². The Balaban J connectivity index is 2.32. The smallest absolute Gasteiger partial charge is 0.349 e. The average molecular weight is 656 g/mol. The van der Waals surface area contributed by atoms with E-state index in [9.17, 15) is 58.3 Å². The number of amides is 3. The lowest BCUT2D eigenvalue weighted by Gasteiger charge is -2.30. The molecule has 2 N–H and O–H groups in total. The number of aryl methyl sites for hydroxylation is 1. The highest BCUT2D eigenvalue weighted by atomic mass is 35.5. The summed E-state index contributed by atoms with van der Waals surface area (Å²) in [6.07, 6.45) is -16.6. The van der Waals surface area contributed by atoms with Gasteiger partial charge in [-0.2, -0.15) is 43.9 Å². The molecule has 0 radical (unpaired) electrons. The minimum absolute atomic E-state index is 0.197. The minimum Gasteiger partial charge on any atom is -0.349 e. The molecule has 0 fully saturated rings. The molecule has 42 heavy (non-hydrogen) atoms. The first-order chi connectivity index (χ1) is 19.0. The number of anilines is 1. The van der Waals surface area contributed by atoms with E-state index in [1.54, 1.807) is 0 Å². The first-order valence-corrected chi connectivity index (χ1v) is 13.4. The second kappa shape index (κ2) is 12.6. The predicted octanol–water partition coefficient (Wildman–Crippen LogP) is 6.83. The van der Waals surface area contributed by atoms with Gasteiger partial charge in [0.15, 0.2) is 0 Å². The van der Waals surface area contributed by atoms with Gasteiger partial charge >= 0.3 is 30.1 Å². The summed E-state index contributed by atoms with van der Waals surface area (Å²) in [4.78, 5) is 36.9. The topological polar surface area (TPSA) is 87.6 Å². The van der Waals surface area contributed by atoms with Crippen LogP contribution in [0.3, 0.4) is 0 Å². The number of rotatable bonds is 7. The van der Waals surface area contributed by atoms with E-state index in [0.717, 1.165) is 13.0 Å². The van der Waals surface area contributed by atoms with Gasteiger partial charge in [0.05, 0.1) is 16.1 Å². The number of hydrogen-bond acceptors (Lipinski definition) is 3. The van der Waals surface area contributed by atoms with E-state index < -0.39 is 75.3 Å². The van der Waals surface area contributed by atoms with E-state index in [2.05, 4.69) is 15.0 Å². The molecule has 0 saturated heterocycles. The van der Waals surface area contributed by atoms with Gasteiger partial charge in [-0.25, -0.2) is 4.39 Å². The number of carbonyl (C=O) groups excluding carboxylic acids is 3. The Hall–Kier alpha value is -3.21. The van der Waals surface area contributed by atoms with Crippen LogP contribution < -0.4 is 10.6 Å². The van der Waals surface area contributed by atoms with Gasteiger partial charge in [0, 0.05) is 23.0 Å². The van der Waals surface area contributed by atoms with Crippen LogP contribution in [-0.2, 0) is 21.2 Å². The Labute approximate surface area is 238 Å². The average Bonchev–Trinajstić information content (AvgIpc) is 2.82. The summed E-state index contributed by atoms with van der Waals surface area (Å²) in [6.45, 7) is 2.39. The molecule has 6 nitrogen and oxygen atoms in total. The fourth-order valence-electron chi connectivity index (χ4n) is 3.57. The maximum atomic E-state index is 14.4. The van der Waals surface area contributed by atoms with Crippen molar-refractivity contribution in [3.05, 3.63) is 63.7 Å². The van der Waals surface area contributed by atoms with Gasteiger partial charge in [0.1, 0.15) is 0 Å². The molecular formula is C24H20ClF10N3O3S. The van der Waals surface area contributed by atoms with Gasteiger partial charge in [-0.05, 0) is 43.9 Å². The fraction of sp³-hybridized carbons (Fsp3) is 0.375. The molecule has 2 atom stereocenters. The molecule has 0 aromatic heterocycles. The summed E-state index contributed by atoms with van der Waals surface area (Å²) in [5, 5.41) is 4.35. The van der Waals surface area contributed by atoms with Crippen molar-refractivity contribution >= 4 is 45.7 Å². The van der Waals surface area contributed by atoms with Gasteiger partial charge in [-0.3, -0.25) is 14.4 Å². The number of nitrogens with zero attached hydrogens (tertiary/aromatic N) is 1. The molecule has 18 heteroatoms. The van der Waals surface area contributed by atoms with Crippen LogP contribution in [-0.4, -0.2) is 54.3 Å².